The van der Waals surface area contributed by atoms with E-state index in [4.69, 9.17) is 4.42 Å². The van der Waals surface area contributed by atoms with Crippen LogP contribution in [0.2, 0.25) is 0 Å². The molecule has 55 heavy (non-hydrogen) atoms. The third kappa shape index (κ3) is 5.40. The highest BCUT2D eigenvalue weighted by atomic mass is 32.1. The molecule has 2 aromatic heterocycles. The molecule has 0 amide bonds. The van der Waals surface area contributed by atoms with Crippen LogP contribution in [0.4, 0.5) is 17.1 Å². The van der Waals surface area contributed by atoms with Gasteiger partial charge in [0.25, 0.3) is 0 Å². The Labute approximate surface area is 322 Å². The Bertz CT molecular complexity index is 3220. The predicted octanol–water partition coefficient (Wildman–Crippen LogP) is 15.6. The summed E-state index contributed by atoms with van der Waals surface area (Å²) in [5.41, 5.74) is 12.1. The van der Waals surface area contributed by atoms with Crippen molar-refractivity contribution in [2.75, 3.05) is 4.90 Å². The molecular weight excluding hydrogens is 687 g/mol. The molecule has 0 atom stereocenters. The number of nitrogens with zero attached hydrogens (tertiary/aromatic N) is 1. The molecule has 11 aromatic rings. The van der Waals surface area contributed by atoms with Crippen LogP contribution in [0, 0.1) is 0 Å². The van der Waals surface area contributed by atoms with Crippen molar-refractivity contribution >= 4 is 81.3 Å². The van der Waals surface area contributed by atoms with Gasteiger partial charge in [-0.15, -0.1) is 11.3 Å². The van der Waals surface area contributed by atoms with Crippen LogP contribution in [0.3, 0.4) is 0 Å². The molecule has 0 aliphatic rings. The van der Waals surface area contributed by atoms with Crippen LogP contribution < -0.4 is 4.90 Å². The maximum Gasteiger partial charge on any atom is 0.136 e. The molecule has 2 nitrogen and oxygen atoms in total. The van der Waals surface area contributed by atoms with E-state index in [9.17, 15) is 0 Å². The predicted molar refractivity (Wildman–Crippen MR) is 235 cm³/mol. The molecule has 0 fully saturated rings. The summed E-state index contributed by atoms with van der Waals surface area (Å²) < 4.78 is 9.00. The summed E-state index contributed by atoms with van der Waals surface area (Å²) in [4.78, 5) is 2.40. The number of furan rings is 1. The van der Waals surface area contributed by atoms with Crippen LogP contribution in [0.25, 0.3) is 86.3 Å². The summed E-state index contributed by atoms with van der Waals surface area (Å²) in [6.07, 6.45) is 0. The fourth-order valence-corrected chi connectivity index (χ4v) is 9.43. The van der Waals surface area contributed by atoms with E-state index in [1.54, 1.807) is 0 Å². The number of fused-ring (bicyclic) bond motifs is 7. The standard InChI is InChI=1S/C52H33NOS/c1-2-12-36-31-37(24-23-34(36)11-1)35-25-28-40(29-26-35)53(41-14-9-13-38(32-41)43-18-10-19-47-46-17-5-8-22-51(46)55-52(43)47)48-20-6-3-15-42(48)39-27-30-45-44-16-4-7-21-49(44)54-50(45)33-39/h1-33H. The number of benzene rings is 9. The molecule has 0 unspecified atom stereocenters. The molecular formula is C52H33NOS. The van der Waals surface area contributed by atoms with Gasteiger partial charge in [-0.25, -0.2) is 0 Å². The minimum atomic E-state index is 0.887. The van der Waals surface area contributed by atoms with Crippen molar-refractivity contribution in [3.05, 3.63) is 200 Å². The largest absolute Gasteiger partial charge is 0.456 e. The summed E-state index contributed by atoms with van der Waals surface area (Å²) in [6, 6.07) is 72.3. The summed E-state index contributed by atoms with van der Waals surface area (Å²) >= 11 is 1.87. The summed E-state index contributed by atoms with van der Waals surface area (Å²) in [6.45, 7) is 0. The second kappa shape index (κ2) is 12.9. The molecule has 0 bridgehead atoms. The van der Waals surface area contributed by atoms with Gasteiger partial charge in [-0.3, -0.25) is 0 Å². The quantitative estimate of drug-likeness (QED) is 0.170. The first-order valence-electron chi connectivity index (χ1n) is 18.7. The maximum absolute atomic E-state index is 6.38. The molecule has 2 heterocycles. The van der Waals surface area contributed by atoms with Crippen molar-refractivity contribution in [1.29, 1.82) is 0 Å². The Hall–Kier alpha value is -6.94. The van der Waals surface area contributed by atoms with E-state index >= 15 is 0 Å². The summed E-state index contributed by atoms with van der Waals surface area (Å²) in [5.74, 6) is 0. The lowest BCUT2D eigenvalue weighted by Gasteiger charge is -2.28. The third-order valence-electron chi connectivity index (χ3n) is 10.9. The van der Waals surface area contributed by atoms with E-state index in [0.29, 0.717) is 0 Å². The van der Waals surface area contributed by atoms with E-state index in [1.165, 1.54) is 53.2 Å². The van der Waals surface area contributed by atoms with Gasteiger partial charge in [0, 0.05) is 47.9 Å². The minimum absolute atomic E-state index is 0.887. The zero-order chi connectivity index (χ0) is 36.3. The number of hydrogen-bond donors (Lipinski definition) is 0. The fraction of sp³-hybridized carbons (Fsp3) is 0. The lowest BCUT2D eigenvalue weighted by Crippen LogP contribution is -2.11. The number of rotatable bonds is 6. The molecule has 11 rings (SSSR count). The van der Waals surface area contributed by atoms with E-state index in [-0.39, 0.29) is 0 Å². The number of thiophene rings is 1. The highest BCUT2D eigenvalue weighted by Gasteiger charge is 2.20. The van der Waals surface area contributed by atoms with Gasteiger partial charge >= 0.3 is 0 Å². The van der Waals surface area contributed by atoms with Crippen LogP contribution >= 0.6 is 11.3 Å². The van der Waals surface area contributed by atoms with Gasteiger partial charge < -0.3 is 9.32 Å². The van der Waals surface area contributed by atoms with Gasteiger partial charge in [0.05, 0.1) is 5.69 Å². The third-order valence-corrected chi connectivity index (χ3v) is 12.1. The first kappa shape index (κ1) is 31.6. The van der Waals surface area contributed by atoms with E-state index in [0.717, 1.165) is 50.1 Å². The van der Waals surface area contributed by atoms with E-state index in [1.807, 2.05) is 23.5 Å². The van der Waals surface area contributed by atoms with Crippen molar-refractivity contribution in [2.24, 2.45) is 0 Å². The molecule has 3 heteroatoms. The van der Waals surface area contributed by atoms with Crippen LogP contribution in [0.15, 0.2) is 205 Å². The highest BCUT2D eigenvalue weighted by molar-refractivity contribution is 7.26. The smallest absolute Gasteiger partial charge is 0.136 e. The average molecular weight is 720 g/mol. The Morgan fingerprint density at radius 2 is 1.04 bits per heavy atom. The normalized spacial score (nSPS) is 11.6. The zero-order valence-electron chi connectivity index (χ0n) is 29.8. The van der Waals surface area contributed by atoms with Crippen molar-refractivity contribution in [2.45, 2.75) is 0 Å². The molecule has 258 valence electrons. The maximum atomic E-state index is 6.38. The van der Waals surface area contributed by atoms with Gasteiger partial charge in [-0.05, 0) is 99.3 Å². The molecule has 0 aliphatic heterocycles. The monoisotopic (exact) mass is 719 g/mol. The Balaban J connectivity index is 1.08. The molecule has 0 aliphatic carbocycles. The summed E-state index contributed by atoms with van der Waals surface area (Å²) in [5, 5.41) is 7.36. The first-order valence-corrected chi connectivity index (χ1v) is 19.5. The second-order valence-electron chi connectivity index (χ2n) is 14.1. The zero-order valence-corrected chi connectivity index (χ0v) is 30.6. The van der Waals surface area contributed by atoms with Gasteiger partial charge in [0.1, 0.15) is 11.2 Å². The topological polar surface area (TPSA) is 16.4 Å². The second-order valence-corrected chi connectivity index (χ2v) is 15.2. The van der Waals surface area contributed by atoms with Crippen molar-refractivity contribution in [3.63, 3.8) is 0 Å². The molecule has 0 spiro atoms. The molecule has 9 aromatic carbocycles. The number of anilines is 3. The van der Waals surface area contributed by atoms with Gasteiger partial charge in [0.15, 0.2) is 0 Å². The molecule has 0 radical (unpaired) electrons. The SMILES string of the molecule is c1cc(-c2cccc3c2sc2ccccc23)cc(N(c2ccc(-c3ccc4ccccc4c3)cc2)c2ccccc2-c2ccc3c(c2)oc2ccccc23)c1. The molecule has 0 saturated carbocycles. The number of hydrogen-bond acceptors (Lipinski definition) is 3. The van der Waals surface area contributed by atoms with Gasteiger partial charge in [0.2, 0.25) is 0 Å². The minimum Gasteiger partial charge on any atom is -0.456 e. The fourth-order valence-electron chi connectivity index (χ4n) is 8.19. The van der Waals surface area contributed by atoms with Crippen LogP contribution in [0.1, 0.15) is 0 Å². The number of para-hydroxylation sites is 2. The van der Waals surface area contributed by atoms with E-state index in [2.05, 4.69) is 193 Å². The Morgan fingerprint density at radius 3 is 1.96 bits per heavy atom. The average Bonchev–Trinajstić information content (AvgIpc) is 3.82. The van der Waals surface area contributed by atoms with Crippen molar-refractivity contribution in [3.8, 4) is 33.4 Å². The lowest BCUT2D eigenvalue weighted by atomic mass is 9.98. The Kier molecular flexibility index (Phi) is 7.39. The molecule has 0 saturated heterocycles. The molecule has 0 N–H and O–H groups in total. The van der Waals surface area contributed by atoms with Gasteiger partial charge in [-0.1, -0.05) is 140 Å². The first-order chi connectivity index (χ1) is 27.2. The Morgan fingerprint density at radius 1 is 0.364 bits per heavy atom. The highest BCUT2D eigenvalue weighted by Crippen LogP contribution is 2.45. The van der Waals surface area contributed by atoms with Gasteiger partial charge in [-0.2, -0.15) is 0 Å². The summed E-state index contributed by atoms with van der Waals surface area (Å²) in [7, 11) is 0. The van der Waals surface area contributed by atoms with Crippen LogP contribution in [0.5, 0.6) is 0 Å². The van der Waals surface area contributed by atoms with Crippen molar-refractivity contribution < 1.29 is 4.42 Å². The van der Waals surface area contributed by atoms with E-state index < -0.39 is 0 Å². The van der Waals surface area contributed by atoms with Crippen LogP contribution in [-0.2, 0) is 0 Å². The lowest BCUT2D eigenvalue weighted by molar-refractivity contribution is 0.669. The van der Waals surface area contributed by atoms with Crippen LogP contribution in [-0.4, -0.2) is 0 Å². The van der Waals surface area contributed by atoms with Crippen molar-refractivity contribution in [1.82, 2.24) is 0 Å².